The van der Waals surface area contributed by atoms with E-state index in [0.29, 0.717) is 36.2 Å². The van der Waals surface area contributed by atoms with E-state index in [0.717, 1.165) is 47.2 Å². The van der Waals surface area contributed by atoms with E-state index in [9.17, 15) is 9.59 Å². The van der Waals surface area contributed by atoms with E-state index in [1.807, 2.05) is 60.7 Å². The Hall–Kier alpha value is -4.54. The Kier molecular flexibility index (Phi) is 7.49. The van der Waals surface area contributed by atoms with Crippen molar-refractivity contribution in [2.45, 2.75) is 38.7 Å². The van der Waals surface area contributed by atoms with Gasteiger partial charge in [0.1, 0.15) is 5.69 Å². The van der Waals surface area contributed by atoms with Crippen molar-refractivity contribution >= 4 is 28.9 Å². The molecule has 0 saturated carbocycles. The Morgan fingerprint density at radius 1 is 1.02 bits per heavy atom. The van der Waals surface area contributed by atoms with Gasteiger partial charge in [0.25, 0.3) is 5.91 Å². The van der Waals surface area contributed by atoms with Crippen molar-refractivity contribution in [2.75, 3.05) is 25.4 Å². The zero-order valence-corrected chi connectivity index (χ0v) is 22.6. The predicted octanol–water partition coefficient (Wildman–Crippen LogP) is 3.68. The summed E-state index contributed by atoms with van der Waals surface area (Å²) in [6.45, 7) is 2.45. The number of nitrogens with two attached hydrogens (primary N) is 1. The first-order valence-corrected chi connectivity index (χ1v) is 13.8. The van der Waals surface area contributed by atoms with Crippen LogP contribution in [0.2, 0.25) is 0 Å². The number of carbonyl (C=O) groups excluding carboxylic acids is 2. The van der Waals surface area contributed by atoms with Crippen LogP contribution in [0.15, 0.2) is 66.7 Å². The molecule has 1 saturated heterocycles. The first kappa shape index (κ1) is 26.7. The Labute approximate surface area is 237 Å². The van der Waals surface area contributed by atoms with Crippen molar-refractivity contribution in [1.29, 1.82) is 0 Å². The van der Waals surface area contributed by atoms with Crippen LogP contribution in [-0.4, -0.2) is 62.8 Å². The number of nitrogens with one attached hydrogen (secondary N) is 1. The number of amides is 2. The molecule has 0 radical (unpaired) electrons. The number of carbonyl (C=O) groups is 2. The molecule has 3 aromatic carbocycles. The first-order chi connectivity index (χ1) is 20.0. The second-order valence-electron chi connectivity index (χ2n) is 10.4. The van der Waals surface area contributed by atoms with E-state index in [-0.39, 0.29) is 31.2 Å². The summed E-state index contributed by atoms with van der Waals surface area (Å²) in [5, 5.41) is 12.2. The lowest BCUT2D eigenvalue weighted by molar-refractivity contribution is 0.00874. The third kappa shape index (κ3) is 5.57. The lowest BCUT2D eigenvalue weighted by Gasteiger charge is -2.25. The SMILES string of the molecule is Nc1nc(C(=O)N2Cc3ccccc3C2)c2cc(-c3ccccc3CN3CCCC3OC(=O)NCCO)ccc2n1. The van der Waals surface area contributed by atoms with Gasteiger partial charge >= 0.3 is 6.09 Å². The fourth-order valence-corrected chi connectivity index (χ4v) is 5.70. The number of rotatable bonds is 7. The number of nitrogens with zero attached hydrogens (tertiary/aromatic N) is 4. The maximum Gasteiger partial charge on any atom is 0.408 e. The highest BCUT2D eigenvalue weighted by molar-refractivity contribution is 6.06. The van der Waals surface area contributed by atoms with Gasteiger partial charge in [-0.25, -0.2) is 14.8 Å². The number of likely N-dealkylation sites (tertiary alicyclic amines) is 1. The molecule has 41 heavy (non-hydrogen) atoms. The number of aliphatic hydroxyl groups is 1. The van der Waals surface area contributed by atoms with Gasteiger partial charge < -0.3 is 25.8 Å². The van der Waals surface area contributed by atoms with E-state index < -0.39 is 6.09 Å². The molecule has 4 N–H and O–H groups in total. The summed E-state index contributed by atoms with van der Waals surface area (Å²) in [5.41, 5.74) is 12.2. The molecule has 1 atom stereocenters. The molecule has 4 aromatic rings. The molecule has 0 aliphatic carbocycles. The molecular formula is C31H32N6O4. The molecule has 1 fully saturated rings. The monoisotopic (exact) mass is 552 g/mol. The van der Waals surface area contributed by atoms with E-state index in [1.165, 1.54) is 0 Å². The quantitative estimate of drug-likeness (QED) is 0.316. The van der Waals surface area contributed by atoms with Crippen LogP contribution in [0.3, 0.4) is 0 Å². The number of ether oxygens (including phenoxy) is 1. The number of anilines is 1. The number of benzene rings is 3. The number of hydrogen-bond acceptors (Lipinski definition) is 8. The van der Waals surface area contributed by atoms with Crippen molar-refractivity contribution < 1.29 is 19.4 Å². The second kappa shape index (κ2) is 11.5. The number of fused-ring (bicyclic) bond motifs is 2. The molecule has 210 valence electrons. The summed E-state index contributed by atoms with van der Waals surface area (Å²) in [6, 6.07) is 22.0. The minimum Gasteiger partial charge on any atom is -0.430 e. The number of hydrogen-bond donors (Lipinski definition) is 3. The first-order valence-electron chi connectivity index (χ1n) is 13.8. The smallest absolute Gasteiger partial charge is 0.408 e. The summed E-state index contributed by atoms with van der Waals surface area (Å²) in [5.74, 6) is -0.115. The standard InChI is InChI=1S/C31H32N6O4/c32-30-34-26-12-11-20(16-25(26)28(35-30)29(39)37-17-21-6-1-2-7-22(21)18-37)24-9-4-3-8-23(24)19-36-14-5-10-27(36)41-31(40)33-13-15-38/h1-4,6-9,11-12,16,27,38H,5,10,13-15,17-19H2,(H,33,40)(H2,32,34,35). The topological polar surface area (TPSA) is 134 Å². The van der Waals surface area contributed by atoms with Crippen LogP contribution in [0.1, 0.15) is 40.0 Å². The van der Waals surface area contributed by atoms with E-state index in [2.05, 4.69) is 26.3 Å². The Morgan fingerprint density at radius 3 is 2.56 bits per heavy atom. The highest BCUT2D eigenvalue weighted by Gasteiger charge is 2.29. The highest BCUT2D eigenvalue weighted by Crippen LogP contribution is 2.32. The summed E-state index contributed by atoms with van der Waals surface area (Å²) in [6.07, 6.45) is 0.788. The average molecular weight is 553 g/mol. The molecule has 0 spiro atoms. The summed E-state index contributed by atoms with van der Waals surface area (Å²) >= 11 is 0. The van der Waals surface area contributed by atoms with Crippen LogP contribution >= 0.6 is 0 Å². The number of aromatic nitrogens is 2. The molecule has 2 aliphatic rings. The van der Waals surface area contributed by atoms with Gasteiger partial charge in [-0.3, -0.25) is 9.69 Å². The van der Waals surface area contributed by atoms with Crippen molar-refractivity contribution in [1.82, 2.24) is 25.1 Å². The molecule has 10 nitrogen and oxygen atoms in total. The molecule has 10 heteroatoms. The Balaban J connectivity index is 1.29. The van der Waals surface area contributed by atoms with Crippen LogP contribution < -0.4 is 11.1 Å². The maximum atomic E-state index is 13.7. The molecule has 1 unspecified atom stereocenters. The van der Waals surface area contributed by atoms with Gasteiger partial charge in [0, 0.05) is 38.1 Å². The molecule has 0 bridgehead atoms. The van der Waals surface area contributed by atoms with Gasteiger partial charge in [0.2, 0.25) is 5.95 Å². The molecule has 2 amide bonds. The van der Waals surface area contributed by atoms with Crippen molar-refractivity contribution in [3.63, 3.8) is 0 Å². The van der Waals surface area contributed by atoms with Crippen LogP contribution in [0.5, 0.6) is 0 Å². The molecule has 2 aliphatic heterocycles. The zero-order chi connectivity index (χ0) is 28.3. The highest BCUT2D eigenvalue weighted by atomic mass is 16.6. The fraction of sp³-hybridized carbons (Fsp3) is 0.290. The summed E-state index contributed by atoms with van der Waals surface area (Å²) in [7, 11) is 0. The number of alkyl carbamates (subject to hydrolysis) is 1. The summed E-state index contributed by atoms with van der Waals surface area (Å²) < 4.78 is 5.62. The van der Waals surface area contributed by atoms with Gasteiger partial charge in [0.05, 0.1) is 12.1 Å². The maximum absolute atomic E-state index is 13.7. The van der Waals surface area contributed by atoms with Crippen molar-refractivity contribution in [2.24, 2.45) is 0 Å². The summed E-state index contributed by atoms with van der Waals surface area (Å²) in [4.78, 5) is 38.6. The minimum atomic E-state index is -0.531. The van der Waals surface area contributed by atoms with E-state index >= 15 is 0 Å². The largest absolute Gasteiger partial charge is 0.430 e. The average Bonchev–Trinajstić information content (AvgIpc) is 3.62. The number of aliphatic hydroxyl groups excluding tert-OH is 1. The lowest BCUT2D eigenvalue weighted by atomic mass is 9.97. The van der Waals surface area contributed by atoms with E-state index in [1.54, 1.807) is 4.90 Å². The van der Waals surface area contributed by atoms with E-state index in [4.69, 9.17) is 15.6 Å². The molecule has 1 aromatic heterocycles. The predicted molar refractivity (Wildman–Crippen MR) is 154 cm³/mol. The van der Waals surface area contributed by atoms with Crippen LogP contribution in [-0.2, 0) is 24.4 Å². The molecule has 6 rings (SSSR count). The van der Waals surface area contributed by atoms with Gasteiger partial charge in [0.15, 0.2) is 6.23 Å². The zero-order valence-electron chi connectivity index (χ0n) is 22.6. The van der Waals surface area contributed by atoms with Gasteiger partial charge in [-0.2, -0.15) is 0 Å². The second-order valence-corrected chi connectivity index (χ2v) is 10.4. The fourth-order valence-electron chi connectivity index (χ4n) is 5.70. The number of nitrogen functional groups attached to an aromatic ring is 1. The van der Waals surface area contributed by atoms with Crippen LogP contribution in [0.4, 0.5) is 10.7 Å². The lowest BCUT2D eigenvalue weighted by Crippen LogP contribution is -2.37. The van der Waals surface area contributed by atoms with Crippen molar-refractivity contribution in [3.8, 4) is 11.1 Å². The van der Waals surface area contributed by atoms with Gasteiger partial charge in [-0.1, -0.05) is 54.6 Å². The van der Waals surface area contributed by atoms with Crippen LogP contribution in [0, 0.1) is 0 Å². The van der Waals surface area contributed by atoms with Gasteiger partial charge in [-0.05, 0) is 52.8 Å². The third-order valence-corrected chi connectivity index (χ3v) is 7.67. The molecule has 3 heterocycles. The Bertz CT molecular complexity index is 1580. The molecular weight excluding hydrogens is 520 g/mol. The van der Waals surface area contributed by atoms with Crippen LogP contribution in [0.25, 0.3) is 22.0 Å². The van der Waals surface area contributed by atoms with Gasteiger partial charge in [-0.15, -0.1) is 0 Å². The third-order valence-electron chi connectivity index (χ3n) is 7.67. The normalized spacial score (nSPS) is 16.6. The Morgan fingerprint density at radius 2 is 1.78 bits per heavy atom. The van der Waals surface area contributed by atoms with Crippen molar-refractivity contribution in [3.05, 3.63) is 89.1 Å². The minimum absolute atomic E-state index is 0.0637.